The molecule has 2 rings (SSSR count). The molecule has 0 bridgehead atoms. The number of hydrazone groups is 1. The van der Waals surface area contributed by atoms with Crippen molar-refractivity contribution in [2.75, 3.05) is 12.1 Å². The van der Waals surface area contributed by atoms with Crippen molar-refractivity contribution in [1.29, 1.82) is 0 Å². The Kier molecular flexibility index (Phi) is 12.6. The minimum absolute atomic E-state index is 0.375. The highest BCUT2D eigenvalue weighted by Gasteiger charge is 2.20. The van der Waals surface area contributed by atoms with Crippen molar-refractivity contribution in [2.45, 2.75) is 32.9 Å². The molecule has 0 saturated heterocycles. The van der Waals surface area contributed by atoms with Gasteiger partial charge in [-0.3, -0.25) is 5.01 Å². The molecule has 0 aliphatic rings. The highest BCUT2D eigenvalue weighted by Crippen LogP contribution is 2.30. The molecule has 0 heterocycles. The van der Waals surface area contributed by atoms with Gasteiger partial charge in [-0.2, -0.15) is 5.10 Å². The van der Waals surface area contributed by atoms with Gasteiger partial charge in [0, 0.05) is 0 Å². The van der Waals surface area contributed by atoms with E-state index in [1.54, 1.807) is 0 Å². The highest BCUT2D eigenvalue weighted by molar-refractivity contribution is 8.14. The molecule has 6 N–H and O–H groups in total. The number of hydrogen-bond donors (Lipinski definition) is 3. The number of hydrazine groups is 1. The van der Waals surface area contributed by atoms with Crippen molar-refractivity contribution in [3.63, 3.8) is 0 Å². The predicted molar refractivity (Wildman–Crippen MR) is 119 cm³/mol. The van der Waals surface area contributed by atoms with Gasteiger partial charge in [0.2, 0.25) is 5.17 Å². The van der Waals surface area contributed by atoms with E-state index in [4.69, 9.17) is 11.7 Å². The number of hydrogen-bond acceptors (Lipinski definition) is 6. The number of amidine groups is 1. The van der Waals surface area contributed by atoms with Crippen molar-refractivity contribution in [3.05, 3.63) is 65.2 Å². The van der Waals surface area contributed by atoms with E-state index in [1.807, 2.05) is 76.2 Å². The Bertz CT molecular complexity index is 707. The monoisotopic (exact) mass is 389 g/mol. The smallest absolute Gasteiger partial charge is 0.202 e. The molecule has 0 aromatic heterocycles. The van der Waals surface area contributed by atoms with Gasteiger partial charge in [0.1, 0.15) is 6.29 Å². The number of carbonyl (C=O) groups excluding carboxylic acids is 1. The van der Waals surface area contributed by atoms with E-state index in [0.717, 1.165) is 28.7 Å². The third-order valence-electron chi connectivity index (χ3n) is 3.42. The van der Waals surface area contributed by atoms with Crippen LogP contribution in [0.15, 0.2) is 53.6 Å². The van der Waals surface area contributed by atoms with Crippen LogP contribution in [0.3, 0.4) is 0 Å². The molecular formula is C20H31N5OS. The molecule has 0 aliphatic carbocycles. The summed E-state index contributed by atoms with van der Waals surface area (Å²) in [6, 6.07) is 15.4. The lowest BCUT2D eigenvalue weighted by atomic mass is 10.1. The van der Waals surface area contributed by atoms with Crippen LogP contribution in [0.5, 0.6) is 0 Å². The first-order valence-electron chi connectivity index (χ1n) is 8.71. The van der Waals surface area contributed by atoms with Crippen LogP contribution in [0.2, 0.25) is 0 Å². The Labute approximate surface area is 166 Å². The molecule has 148 valence electrons. The van der Waals surface area contributed by atoms with E-state index in [2.05, 4.69) is 10.8 Å². The summed E-state index contributed by atoms with van der Waals surface area (Å²) < 4.78 is 0. The van der Waals surface area contributed by atoms with Gasteiger partial charge in [-0.1, -0.05) is 68.1 Å². The van der Waals surface area contributed by atoms with E-state index in [1.165, 1.54) is 23.8 Å². The van der Waals surface area contributed by atoms with Crippen LogP contribution in [0.25, 0.3) is 0 Å². The van der Waals surface area contributed by atoms with E-state index < -0.39 is 5.25 Å². The number of aryl methyl sites for hydroxylation is 2. The van der Waals surface area contributed by atoms with Crippen LogP contribution in [-0.2, 0) is 4.79 Å². The zero-order valence-corrected chi connectivity index (χ0v) is 17.5. The molecule has 0 amide bonds. The Morgan fingerprint density at radius 2 is 1.70 bits per heavy atom. The number of carbonyl (C=O) groups is 1. The first kappa shape index (κ1) is 24.7. The molecular weight excluding hydrogens is 358 g/mol. The molecule has 1 unspecified atom stereocenters. The second kappa shape index (κ2) is 13.8. The first-order valence-corrected chi connectivity index (χ1v) is 9.59. The molecule has 2 aromatic rings. The van der Waals surface area contributed by atoms with E-state index >= 15 is 0 Å². The summed E-state index contributed by atoms with van der Waals surface area (Å²) in [4.78, 5) is 11.5. The molecule has 0 saturated carbocycles. The van der Waals surface area contributed by atoms with Crippen LogP contribution in [0.1, 0.15) is 35.8 Å². The van der Waals surface area contributed by atoms with E-state index in [9.17, 15) is 4.79 Å². The van der Waals surface area contributed by atoms with Crippen molar-refractivity contribution in [2.24, 2.45) is 22.5 Å². The number of anilines is 1. The quantitative estimate of drug-likeness (QED) is 0.243. The SMILES string of the molecule is CC.CN.Cc1ccc(C)c(N(N)/C(=N\N)SC(C=O)c2ccccc2)c1. The number of nitrogens with two attached hydrogens (primary N) is 3. The molecule has 0 radical (unpaired) electrons. The van der Waals surface area contributed by atoms with Gasteiger partial charge in [-0.05, 0) is 43.7 Å². The lowest BCUT2D eigenvalue weighted by Crippen LogP contribution is -2.37. The van der Waals surface area contributed by atoms with E-state index in [0.29, 0.717) is 5.17 Å². The fourth-order valence-corrected chi connectivity index (χ4v) is 3.01. The van der Waals surface area contributed by atoms with Crippen molar-refractivity contribution < 1.29 is 4.79 Å². The molecule has 27 heavy (non-hydrogen) atoms. The number of thioether (sulfide) groups is 1. The van der Waals surface area contributed by atoms with Crippen molar-refractivity contribution in [1.82, 2.24) is 0 Å². The Morgan fingerprint density at radius 3 is 2.22 bits per heavy atom. The van der Waals surface area contributed by atoms with Crippen LogP contribution in [0.4, 0.5) is 5.69 Å². The zero-order valence-electron chi connectivity index (χ0n) is 16.7. The van der Waals surface area contributed by atoms with Crippen molar-refractivity contribution in [3.8, 4) is 0 Å². The van der Waals surface area contributed by atoms with Gasteiger partial charge >= 0.3 is 0 Å². The average molecular weight is 390 g/mol. The number of nitrogens with zero attached hydrogens (tertiary/aromatic N) is 2. The van der Waals surface area contributed by atoms with Crippen molar-refractivity contribution >= 4 is 28.9 Å². The van der Waals surface area contributed by atoms with Crippen LogP contribution >= 0.6 is 11.8 Å². The van der Waals surface area contributed by atoms with Gasteiger partial charge in [-0.15, -0.1) is 0 Å². The maximum absolute atomic E-state index is 11.5. The number of rotatable bonds is 4. The Morgan fingerprint density at radius 1 is 1.11 bits per heavy atom. The average Bonchev–Trinajstić information content (AvgIpc) is 2.74. The predicted octanol–water partition coefficient (Wildman–Crippen LogP) is 3.49. The lowest BCUT2D eigenvalue weighted by Gasteiger charge is -2.23. The highest BCUT2D eigenvalue weighted by atomic mass is 32.2. The van der Waals surface area contributed by atoms with Gasteiger partial charge in [0.05, 0.1) is 10.9 Å². The molecule has 0 spiro atoms. The molecule has 2 aromatic carbocycles. The van der Waals surface area contributed by atoms with Gasteiger partial charge in [0.25, 0.3) is 0 Å². The van der Waals surface area contributed by atoms with Crippen LogP contribution in [-0.4, -0.2) is 18.5 Å². The van der Waals surface area contributed by atoms with E-state index in [-0.39, 0.29) is 0 Å². The van der Waals surface area contributed by atoms with Gasteiger partial charge in [0.15, 0.2) is 0 Å². The Hall–Kier alpha value is -2.35. The summed E-state index contributed by atoms with van der Waals surface area (Å²) in [5.74, 6) is 11.7. The molecule has 6 nitrogen and oxygen atoms in total. The molecule has 0 fully saturated rings. The first-order chi connectivity index (χ1) is 13.1. The zero-order chi connectivity index (χ0) is 20.8. The minimum Gasteiger partial charge on any atom is -0.333 e. The summed E-state index contributed by atoms with van der Waals surface area (Å²) in [6.07, 6.45) is 0.863. The summed E-state index contributed by atoms with van der Waals surface area (Å²) in [5, 5.41) is 5.15. The summed E-state index contributed by atoms with van der Waals surface area (Å²) in [7, 11) is 1.50. The fraction of sp³-hybridized carbons (Fsp3) is 0.300. The van der Waals surface area contributed by atoms with Gasteiger partial charge in [-0.25, -0.2) is 5.84 Å². The van der Waals surface area contributed by atoms with Gasteiger partial charge < -0.3 is 16.4 Å². The fourth-order valence-electron chi connectivity index (χ4n) is 2.16. The summed E-state index contributed by atoms with van der Waals surface area (Å²) >= 11 is 1.22. The minimum atomic E-state index is -0.422. The molecule has 1 atom stereocenters. The topological polar surface area (TPSA) is 111 Å². The normalized spacial score (nSPS) is 11.3. The number of benzene rings is 2. The molecule has 0 aliphatic heterocycles. The number of aldehydes is 1. The summed E-state index contributed by atoms with van der Waals surface area (Å²) in [6.45, 7) is 7.95. The Balaban J connectivity index is 0.00000158. The molecule has 7 heteroatoms. The summed E-state index contributed by atoms with van der Waals surface area (Å²) in [5.41, 5.74) is 8.27. The second-order valence-electron chi connectivity index (χ2n) is 5.16. The van der Waals surface area contributed by atoms with Crippen LogP contribution < -0.4 is 22.4 Å². The second-order valence-corrected chi connectivity index (χ2v) is 6.27. The lowest BCUT2D eigenvalue weighted by molar-refractivity contribution is -0.107. The third kappa shape index (κ3) is 7.42. The third-order valence-corrected chi connectivity index (χ3v) is 4.57. The van der Waals surface area contributed by atoms with Crippen LogP contribution in [0, 0.1) is 13.8 Å². The maximum Gasteiger partial charge on any atom is 0.202 e. The maximum atomic E-state index is 11.5. The largest absolute Gasteiger partial charge is 0.333 e. The standard InChI is InChI=1S/C17H20N4OS.C2H6.CH5N/c1-12-8-9-13(2)15(10-12)21(19)17(20-18)23-16(11-22)14-6-4-3-5-7-14;2*1-2/h3-11,16H,18-19H2,1-2H3;1-2H3;2H2,1H3/b20-17+;;.